The normalized spacial score (nSPS) is 20.2. The molecule has 0 unspecified atom stereocenters. The number of hydroxylamine groups is 2. The van der Waals surface area contributed by atoms with Gasteiger partial charge in [-0.25, -0.2) is 9.18 Å². The summed E-state index contributed by atoms with van der Waals surface area (Å²) in [6.07, 6.45) is 0.211. The van der Waals surface area contributed by atoms with Gasteiger partial charge >= 0.3 is 5.97 Å². The molecule has 0 aromatic rings. The number of alkyl halides is 1. The maximum Gasteiger partial charge on any atom is 0.343 e. The van der Waals surface area contributed by atoms with Crippen LogP contribution in [0.3, 0.4) is 0 Å². The highest BCUT2D eigenvalue weighted by Crippen LogP contribution is 2.27. The lowest BCUT2D eigenvalue weighted by atomic mass is 9.94. The summed E-state index contributed by atoms with van der Waals surface area (Å²) in [7, 11) is 1.20. The Labute approximate surface area is 101 Å². The molecule has 1 aliphatic rings. The number of esters is 1. The Balaban J connectivity index is 2.23. The topological polar surface area (TPSA) is 48.0 Å². The number of carbonyl (C=O) groups is 1. The predicted octanol–water partition coefficient (Wildman–Crippen LogP) is 0.932. The number of hydrogen-bond donors (Lipinski definition) is 0. The third kappa shape index (κ3) is 4.22. The van der Waals surface area contributed by atoms with E-state index in [1.54, 1.807) is 5.06 Å². The molecule has 1 saturated heterocycles. The number of nitrogens with zero attached hydrogens (tertiary/aromatic N) is 1. The average molecular weight is 249 g/mol. The second kappa shape index (κ2) is 6.88. The van der Waals surface area contributed by atoms with Gasteiger partial charge in [-0.3, -0.25) is 4.84 Å². The Bertz CT molecular complexity index is 242. The highest BCUT2D eigenvalue weighted by molar-refractivity contribution is 5.79. The quantitative estimate of drug-likeness (QED) is 0.518. The fraction of sp³-hybridized carbons (Fsp3) is 0.909. The third-order valence-electron chi connectivity index (χ3n) is 2.77. The summed E-state index contributed by atoms with van der Waals surface area (Å²) in [5.74, 6) is -0.786. The van der Waals surface area contributed by atoms with E-state index in [2.05, 4.69) is 4.74 Å². The van der Waals surface area contributed by atoms with Crippen molar-refractivity contribution in [1.29, 1.82) is 0 Å². The van der Waals surface area contributed by atoms with Crippen LogP contribution in [0, 0.1) is 0 Å². The maximum absolute atomic E-state index is 14.0. The number of piperidine rings is 1. The Morgan fingerprint density at radius 3 is 2.53 bits per heavy atom. The SMILES string of the molecule is CCOCCON1CCC(F)(C(=O)OC)CC1. The first-order chi connectivity index (χ1) is 8.12. The molecule has 0 aromatic heterocycles. The van der Waals surface area contributed by atoms with E-state index in [0.717, 1.165) is 0 Å². The van der Waals surface area contributed by atoms with Crippen molar-refractivity contribution in [2.45, 2.75) is 25.4 Å². The van der Waals surface area contributed by atoms with Crippen LogP contribution < -0.4 is 0 Å². The van der Waals surface area contributed by atoms with Crippen LogP contribution >= 0.6 is 0 Å². The van der Waals surface area contributed by atoms with E-state index in [-0.39, 0.29) is 12.8 Å². The first-order valence-electron chi connectivity index (χ1n) is 5.85. The van der Waals surface area contributed by atoms with E-state index in [1.807, 2.05) is 6.92 Å². The van der Waals surface area contributed by atoms with Crippen molar-refractivity contribution in [2.75, 3.05) is 40.0 Å². The van der Waals surface area contributed by atoms with E-state index < -0.39 is 11.6 Å². The highest BCUT2D eigenvalue weighted by Gasteiger charge is 2.43. The van der Waals surface area contributed by atoms with Gasteiger partial charge in [-0.1, -0.05) is 0 Å². The van der Waals surface area contributed by atoms with Crippen LogP contribution in [0.25, 0.3) is 0 Å². The largest absolute Gasteiger partial charge is 0.467 e. The fourth-order valence-electron chi connectivity index (χ4n) is 1.73. The minimum atomic E-state index is -1.85. The lowest BCUT2D eigenvalue weighted by Gasteiger charge is -2.33. The standard InChI is InChI=1S/C11H20FNO4/c1-3-16-8-9-17-13-6-4-11(12,5-7-13)10(14)15-2/h3-9H2,1-2H3. The molecule has 0 saturated carbocycles. The summed E-state index contributed by atoms with van der Waals surface area (Å²) in [6.45, 7) is 4.31. The second-order valence-corrected chi connectivity index (χ2v) is 3.92. The van der Waals surface area contributed by atoms with Crippen LogP contribution in [0.1, 0.15) is 19.8 Å². The molecular formula is C11H20FNO4. The Hall–Kier alpha value is -0.720. The van der Waals surface area contributed by atoms with E-state index >= 15 is 0 Å². The average Bonchev–Trinajstić information content (AvgIpc) is 2.36. The number of methoxy groups -OCH3 is 1. The molecule has 0 amide bonds. The van der Waals surface area contributed by atoms with Crippen LogP contribution in [0.15, 0.2) is 0 Å². The van der Waals surface area contributed by atoms with Gasteiger partial charge in [0.25, 0.3) is 0 Å². The van der Waals surface area contributed by atoms with Gasteiger partial charge in [0.1, 0.15) is 0 Å². The van der Waals surface area contributed by atoms with Gasteiger partial charge < -0.3 is 9.47 Å². The summed E-state index contributed by atoms with van der Waals surface area (Å²) < 4.78 is 23.6. The van der Waals surface area contributed by atoms with Gasteiger partial charge in [-0.05, 0) is 6.92 Å². The molecule has 0 radical (unpaired) electrons. The molecule has 0 bridgehead atoms. The monoisotopic (exact) mass is 249 g/mol. The van der Waals surface area contributed by atoms with Gasteiger partial charge in [0.2, 0.25) is 5.67 Å². The first kappa shape index (κ1) is 14.3. The van der Waals surface area contributed by atoms with Crippen molar-refractivity contribution < 1.29 is 23.5 Å². The Morgan fingerprint density at radius 2 is 2.00 bits per heavy atom. The first-order valence-corrected chi connectivity index (χ1v) is 5.85. The fourth-order valence-corrected chi connectivity index (χ4v) is 1.73. The molecule has 0 aromatic carbocycles. The molecule has 1 rings (SSSR count). The number of halogens is 1. The Kier molecular flexibility index (Phi) is 5.80. The predicted molar refractivity (Wildman–Crippen MR) is 59.1 cm³/mol. The van der Waals surface area contributed by atoms with E-state index in [4.69, 9.17) is 9.57 Å². The molecule has 1 fully saturated rings. The van der Waals surface area contributed by atoms with Crippen molar-refractivity contribution in [3.8, 4) is 0 Å². The summed E-state index contributed by atoms with van der Waals surface area (Å²) in [5.41, 5.74) is -1.85. The van der Waals surface area contributed by atoms with E-state index in [9.17, 15) is 9.18 Å². The zero-order valence-electron chi connectivity index (χ0n) is 10.4. The van der Waals surface area contributed by atoms with Crippen LogP contribution in [0.2, 0.25) is 0 Å². The number of carbonyl (C=O) groups excluding carboxylic acids is 1. The molecule has 5 nitrogen and oxygen atoms in total. The minimum absolute atomic E-state index is 0.105. The smallest absolute Gasteiger partial charge is 0.343 e. The van der Waals surface area contributed by atoms with Crippen molar-refractivity contribution in [3.63, 3.8) is 0 Å². The van der Waals surface area contributed by atoms with Gasteiger partial charge in [-0.15, -0.1) is 0 Å². The lowest BCUT2D eigenvalue weighted by Crippen LogP contribution is -2.47. The molecule has 0 spiro atoms. The minimum Gasteiger partial charge on any atom is -0.467 e. The third-order valence-corrected chi connectivity index (χ3v) is 2.77. The van der Waals surface area contributed by atoms with Gasteiger partial charge in [0.15, 0.2) is 0 Å². The van der Waals surface area contributed by atoms with Crippen LogP contribution in [-0.2, 0) is 19.1 Å². The van der Waals surface area contributed by atoms with Crippen LogP contribution in [-0.4, -0.2) is 56.7 Å². The molecule has 1 aliphatic heterocycles. The van der Waals surface area contributed by atoms with E-state index in [0.29, 0.717) is 32.9 Å². The summed E-state index contributed by atoms with van der Waals surface area (Å²) in [4.78, 5) is 16.6. The van der Waals surface area contributed by atoms with Crippen LogP contribution in [0.5, 0.6) is 0 Å². The Morgan fingerprint density at radius 1 is 1.35 bits per heavy atom. The van der Waals surface area contributed by atoms with Crippen molar-refractivity contribution >= 4 is 5.97 Å². The molecule has 100 valence electrons. The zero-order chi connectivity index (χ0) is 12.7. The van der Waals surface area contributed by atoms with Gasteiger partial charge in [-0.2, -0.15) is 5.06 Å². The molecule has 0 atom stereocenters. The maximum atomic E-state index is 14.0. The van der Waals surface area contributed by atoms with Gasteiger partial charge in [0, 0.05) is 32.5 Å². The molecule has 0 aliphatic carbocycles. The van der Waals surface area contributed by atoms with Crippen molar-refractivity contribution in [3.05, 3.63) is 0 Å². The second-order valence-electron chi connectivity index (χ2n) is 3.92. The molecule has 0 N–H and O–H groups in total. The highest BCUT2D eigenvalue weighted by atomic mass is 19.1. The van der Waals surface area contributed by atoms with Crippen LogP contribution in [0.4, 0.5) is 4.39 Å². The summed E-state index contributed by atoms with van der Waals surface area (Å²) >= 11 is 0. The number of ether oxygens (including phenoxy) is 2. The van der Waals surface area contributed by atoms with E-state index in [1.165, 1.54) is 7.11 Å². The van der Waals surface area contributed by atoms with Crippen molar-refractivity contribution in [1.82, 2.24) is 5.06 Å². The molecule has 17 heavy (non-hydrogen) atoms. The lowest BCUT2D eigenvalue weighted by molar-refractivity contribution is -0.199. The van der Waals surface area contributed by atoms with Crippen molar-refractivity contribution in [2.24, 2.45) is 0 Å². The van der Waals surface area contributed by atoms with Gasteiger partial charge in [0.05, 0.1) is 20.3 Å². The molecule has 1 heterocycles. The zero-order valence-corrected chi connectivity index (χ0v) is 10.4. The summed E-state index contributed by atoms with van der Waals surface area (Å²) in [6, 6.07) is 0. The summed E-state index contributed by atoms with van der Waals surface area (Å²) in [5, 5.41) is 1.67. The number of rotatable bonds is 6. The molecule has 6 heteroatoms. The molecular weight excluding hydrogens is 229 g/mol. The number of hydrogen-bond acceptors (Lipinski definition) is 5.